The highest BCUT2D eigenvalue weighted by Crippen LogP contribution is 2.29. The van der Waals surface area contributed by atoms with Crippen LogP contribution in [-0.2, 0) is 0 Å². The molecule has 0 bridgehead atoms. The van der Waals surface area contributed by atoms with Crippen LogP contribution in [0.2, 0.25) is 0 Å². The number of piperidine rings is 1. The summed E-state index contributed by atoms with van der Waals surface area (Å²) in [5, 5.41) is 0. The van der Waals surface area contributed by atoms with Gasteiger partial charge in [0.05, 0.1) is 6.04 Å². The Morgan fingerprint density at radius 1 is 0.955 bits per heavy atom. The number of hydrogen-bond acceptors (Lipinski definition) is 2. The van der Waals surface area contributed by atoms with E-state index >= 15 is 0 Å². The fraction of sp³-hybridized carbons (Fsp3) is 0.350. The average Bonchev–Trinajstić information content (AvgIpc) is 2.58. The van der Waals surface area contributed by atoms with E-state index in [1.807, 2.05) is 48.5 Å². The van der Waals surface area contributed by atoms with Crippen molar-refractivity contribution in [2.45, 2.75) is 25.8 Å². The molecule has 0 N–H and O–H groups in total. The zero-order chi connectivity index (χ0) is 15.4. The zero-order valence-corrected chi connectivity index (χ0v) is 13.1. The highest BCUT2D eigenvalue weighted by molar-refractivity contribution is 6.00. The first-order chi connectivity index (χ1) is 10.8. The van der Waals surface area contributed by atoms with E-state index in [-0.39, 0.29) is 11.8 Å². The maximum absolute atomic E-state index is 13.1. The molecule has 2 aromatic rings. The van der Waals surface area contributed by atoms with Crippen molar-refractivity contribution in [1.82, 2.24) is 4.90 Å². The molecule has 22 heavy (non-hydrogen) atoms. The van der Waals surface area contributed by atoms with Gasteiger partial charge in [-0.05, 0) is 37.4 Å². The van der Waals surface area contributed by atoms with E-state index in [9.17, 15) is 4.79 Å². The van der Waals surface area contributed by atoms with Crippen molar-refractivity contribution in [3.05, 3.63) is 71.8 Å². The average molecular weight is 293 g/mol. The van der Waals surface area contributed by atoms with Crippen molar-refractivity contribution in [3.8, 4) is 0 Å². The number of Topliss-reactive ketones (excluding diaryl/α,β-unsaturated/α-hetero) is 1. The number of carbonyl (C=O) groups excluding carboxylic acids is 1. The van der Waals surface area contributed by atoms with Crippen molar-refractivity contribution in [2.75, 3.05) is 13.1 Å². The predicted octanol–water partition coefficient (Wildman–Crippen LogP) is 4.34. The van der Waals surface area contributed by atoms with Gasteiger partial charge in [0, 0.05) is 5.56 Å². The van der Waals surface area contributed by atoms with Crippen LogP contribution >= 0.6 is 0 Å². The Balaban J connectivity index is 1.91. The second-order valence-corrected chi connectivity index (χ2v) is 6.26. The second-order valence-electron chi connectivity index (χ2n) is 6.26. The smallest absolute Gasteiger partial charge is 0.184 e. The summed E-state index contributed by atoms with van der Waals surface area (Å²) in [5.41, 5.74) is 1.90. The molecule has 0 radical (unpaired) electrons. The number of likely N-dealkylation sites (tertiary alicyclic amines) is 1. The summed E-state index contributed by atoms with van der Waals surface area (Å²) in [7, 11) is 0. The number of ketones is 1. The van der Waals surface area contributed by atoms with E-state index in [1.54, 1.807) is 0 Å². The predicted molar refractivity (Wildman–Crippen MR) is 89.9 cm³/mol. The summed E-state index contributed by atoms with van der Waals surface area (Å²) in [5.74, 6) is 0.973. The minimum Gasteiger partial charge on any atom is -0.292 e. The van der Waals surface area contributed by atoms with Crippen molar-refractivity contribution in [3.63, 3.8) is 0 Å². The van der Waals surface area contributed by atoms with Gasteiger partial charge in [-0.15, -0.1) is 0 Å². The summed E-state index contributed by atoms with van der Waals surface area (Å²) >= 11 is 0. The van der Waals surface area contributed by atoms with Gasteiger partial charge in [0.2, 0.25) is 0 Å². The topological polar surface area (TPSA) is 20.3 Å². The van der Waals surface area contributed by atoms with Gasteiger partial charge >= 0.3 is 0 Å². The van der Waals surface area contributed by atoms with Gasteiger partial charge < -0.3 is 0 Å². The molecule has 2 aromatic carbocycles. The van der Waals surface area contributed by atoms with Gasteiger partial charge in [-0.2, -0.15) is 0 Å². The molecule has 1 saturated heterocycles. The molecular weight excluding hydrogens is 270 g/mol. The molecule has 0 spiro atoms. The summed E-state index contributed by atoms with van der Waals surface area (Å²) in [4.78, 5) is 15.4. The van der Waals surface area contributed by atoms with E-state index in [1.165, 1.54) is 12.8 Å². The molecule has 1 fully saturated rings. The van der Waals surface area contributed by atoms with Gasteiger partial charge in [0.25, 0.3) is 0 Å². The van der Waals surface area contributed by atoms with Crippen molar-refractivity contribution in [2.24, 2.45) is 5.92 Å². The van der Waals surface area contributed by atoms with Gasteiger partial charge in [-0.3, -0.25) is 9.69 Å². The van der Waals surface area contributed by atoms with Crippen molar-refractivity contribution < 1.29 is 4.79 Å². The number of benzene rings is 2. The Labute approximate surface area is 132 Å². The van der Waals surface area contributed by atoms with E-state index in [0.29, 0.717) is 0 Å². The summed E-state index contributed by atoms with van der Waals surface area (Å²) in [6, 6.07) is 19.7. The Morgan fingerprint density at radius 2 is 1.50 bits per heavy atom. The minimum absolute atomic E-state index is 0.156. The quantitative estimate of drug-likeness (QED) is 0.781. The molecule has 2 heteroatoms. The monoisotopic (exact) mass is 293 g/mol. The maximum Gasteiger partial charge on any atom is 0.184 e. The van der Waals surface area contributed by atoms with E-state index in [0.717, 1.165) is 30.1 Å². The molecule has 3 rings (SSSR count). The molecule has 0 saturated carbocycles. The van der Waals surface area contributed by atoms with Gasteiger partial charge in [-0.25, -0.2) is 0 Å². The lowest BCUT2D eigenvalue weighted by atomic mass is 9.92. The molecule has 0 aromatic heterocycles. The van der Waals surface area contributed by atoms with Crippen molar-refractivity contribution in [1.29, 1.82) is 0 Å². The number of nitrogens with zero attached hydrogens (tertiary/aromatic N) is 1. The Kier molecular flexibility index (Phi) is 4.69. The SMILES string of the molecule is CC1CCN([C@H](C(=O)c2ccccc2)c2ccccc2)CC1. The Hall–Kier alpha value is -1.93. The van der Waals surface area contributed by atoms with Crippen LogP contribution < -0.4 is 0 Å². The molecule has 0 amide bonds. The second kappa shape index (κ2) is 6.89. The maximum atomic E-state index is 13.1. The van der Waals surface area contributed by atoms with Crippen LogP contribution in [-0.4, -0.2) is 23.8 Å². The molecule has 114 valence electrons. The first-order valence-electron chi connectivity index (χ1n) is 8.14. The third kappa shape index (κ3) is 3.28. The van der Waals surface area contributed by atoms with E-state index < -0.39 is 0 Å². The van der Waals surface area contributed by atoms with Crippen LogP contribution in [0.25, 0.3) is 0 Å². The van der Waals surface area contributed by atoms with Gasteiger partial charge in [-0.1, -0.05) is 67.6 Å². The lowest BCUT2D eigenvalue weighted by Crippen LogP contribution is -2.39. The lowest BCUT2D eigenvalue weighted by Gasteiger charge is -2.36. The van der Waals surface area contributed by atoms with Crippen LogP contribution in [0.3, 0.4) is 0 Å². The largest absolute Gasteiger partial charge is 0.292 e. The fourth-order valence-corrected chi connectivity index (χ4v) is 3.21. The summed E-state index contributed by atoms with van der Waals surface area (Å²) < 4.78 is 0. The lowest BCUT2D eigenvalue weighted by molar-refractivity contribution is 0.0749. The molecule has 2 nitrogen and oxygen atoms in total. The number of carbonyl (C=O) groups is 1. The van der Waals surface area contributed by atoms with E-state index in [2.05, 4.69) is 24.0 Å². The normalized spacial score (nSPS) is 18.0. The number of hydrogen-bond donors (Lipinski definition) is 0. The molecule has 1 aliphatic rings. The van der Waals surface area contributed by atoms with Crippen LogP contribution in [0.1, 0.15) is 41.7 Å². The van der Waals surface area contributed by atoms with Crippen LogP contribution in [0.5, 0.6) is 0 Å². The Bertz CT molecular complexity index is 600. The van der Waals surface area contributed by atoms with Crippen LogP contribution in [0.4, 0.5) is 0 Å². The molecular formula is C20H23NO. The minimum atomic E-state index is -0.156. The van der Waals surface area contributed by atoms with Crippen LogP contribution in [0, 0.1) is 5.92 Å². The molecule has 0 unspecified atom stereocenters. The molecule has 1 heterocycles. The first-order valence-corrected chi connectivity index (χ1v) is 8.14. The summed E-state index contributed by atoms with van der Waals surface area (Å²) in [6.07, 6.45) is 2.34. The van der Waals surface area contributed by atoms with E-state index in [4.69, 9.17) is 0 Å². The third-order valence-electron chi connectivity index (χ3n) is 4.61. The van der Waals surface area contributed by atoms with Gasteiger partial charge in [0.15, 0.2) is 5.78 Å². The van der Waals surface area contributed by atoms with Gasteiger partial charge in [0.1, 0.15) is 0 Å². The summed E-state index contributed by atoms with van der Waals surface area (Å²) in [6.45, 7) is 4.30. The molecule has 0 aliphatic carbocycles. The highest BCUT2D eigenvalue weighted by Gasteiger charge is 2.30. The standard InChI is InChI=1S/C20H23NO/c1-16-12-14-21(15-13-16)19(17-8-4-2-5-9-17)20(22)18-10-6-3-7-11-18/h2-11,16,19H,12-15H2,1H3/t19-/m0/s1. The molecule has 1 atom stereocenters. The zero-order valence-electron chi connectivity index (χ0n) is 13.1. The molecule has 1 aliphatic heterocycles. The van der Waals surface area contributed by atoms with Crippen molar-refractivity contribution >= 4 is 5.78 Å². The Morgan fingerprint density at radius 3 is 2.09 bits per heavy atom. The fourth-order valence-electron chi connectivity index (χ4n) is 3.21. The third-order valence-corrected chi connectivity index (χ3v) is 4.61. The number of rotatable bonds is 4. The van der Waals surface area contributed by atoms with Crippen LogP contribution in [0.15, 0.2) is 60.7 Å². The highest BCUT2D eigenvalue weighted by atomic mass is 16.1. The first kappa shape index (κ1) is 15.0.